The monoisotopic (exact) mass is 160 g/mol. The summed E-state index contributed by atoms with van der Waals surface area (Å²) >= 11 is 0. The molecule has 0 N–H and O–H groups in total. The van der Waals surface area contributed by atoms with Gasteiger partial charge in [0.25, 0.3) is 0 Å². The lowest BCUT2D eigenvalue weighted by Gasteiger charge is -1.97. The van der Waals surface area contributed by atoms with Gasteiger partial charge in [0.2, 0.25) is 0 Å². The summed E-state index contributed by atoms with van der Waals surface area (Å²) in [7, 11) is 0. The minimum atomic E-state index is 0.0534. The molecule has 0 aliphatic rings. The summed E-state index contributed by atoms with van der Waals surface area (Å²) in [5, 5.41) is 8.63. The van der Waals surface area contributed by atoms with Crippen LogP contribution in [0.5, 0.6) is 0 Å². The second-order valence-corrected chi connectivity index (χ2v) is 2.52. The van der Waals surface area contributed by atoms with Gasteiger partial charge in [-0.2, -0.15) is 5.26 Å². The van der Waals surface area contributed by atoms with Crippen molar-refractivity contribution in [2.24, 2.45) is 0 Å². The van der Waals surface area contributed by atoms with E-state index >= 15 is 0 Å². The first kappa shape index (κ1) is 8.41. The number of nitriles is 1. The third kappa shape index (κ3) is 1.89. The normalized spacial score (nSPS) is 9.00. The minimum absolute atomic E-state index is 0.0534. The van der Waals surface area contributed by atoms with E-state index in [9.17, 15) is 4.79 Å². The van der Waals surface area contributed by atoms with Crippen molar-refractivity contribution < 1.29 is 4.79 Å². The minimum Gasteiger partial charge on any atom is -0.300 e. The molecular weight excluding hydrogens is 152 g/mol. The van der Waals surface area contributed by atoms with Crippen molar-refractivity contribution in [2.45, 2.75) is 13.3 Å². The van der Waals surface area contributed by atoms with Crippen molar-refractivity contribution in [2.75, 3.05) is 0 Å². The molecule has 0 aliphatic heterocycles. The van der Waals surface area contributed by atoms with Crippen LogP contribution in [-0.2, 0) is 11.2 Å². The Balaban J connectivity index is 2.99. The van der Waals surface area contributed by atoms with Crippen LogP contribution in [0.15, 0.2) is 18.5 Å². The van der Waals surface area contributed by atoms with Crippen LogP contribution in [0.1, 0.15) is 18.1 Å². The van der Waals surface area contributed by atoms with Gasteiger partial charge in [-0.1, -0.05) is 0 Å². The standard InChI is InChI=1S/C9H8N2O/c1-7(12)4-8-2-3-11-6-9(8)5-10/h2-3,6H,4H2,1H3. The first-order valence-corrected chi connectivity index (χ1v) is 3.56. The second kappa shape index (κ2) is 3.63. The summed E-state index contributed by atoms with van der Waals surface area (Å²) in [6.07, 6.45) is 3.36. The van der Waals surface area contributed by atoms with Gasteiger partial charge in [0.15, 0.2) is 0 Å². The third-order valence-corrected chi connectivity index (χ3v) is 1.47. The second-order valence-electron chi connectivity index (χ2n) is 2.52. The molecule has 0 fully saturated rings. The van der Waals surface area contributed by atoms with Crippen LogP contribution in [0.3, 0.4) is 0 Å². The van der Waals surface area contributed by atoms with Crippen LogP contribution < -0.4 is 0 Å². The number of carbonyl (C=O) groups excluding carboxylic acids is 1. The fourth-order valence-electron chi connectivity index (χ4n) is 0.946. The van der Waals surface area contributed by atoms with E-state index in [0.717, 1.165) is 5.56 Å². The molecule has 3 heteroatoms. The van der Waals surface area contributed by atoms with E-state index in [4.69, 9.17) is 5.26 Å². The predicted octanol–water partition coefficient (Wildman–Crippen LogP) is 1.08. The SMILES string of the molecule is CC(=O)Cc1ccncc1C#N. The summed E-state index contributed by atoms with van der Waals surface area (Å²) in [5.41, 5.74) is 1.23. The molecule has 0 bridgehead atoms. The van der Waals surface area contributed by atoms with Gasteiger partial charge in [-0.15, -0.1) is 0 Å². The number of carbonyl (C=O) groups is 1. The van der Waals surface area contributed by atoms with Gasteiger partial charge in [0, 0.05) is 18.8 Å². The van der Waals surface area contributed by atoms with Crippen molar-refractivity contribution in [1.29, 1.82) is 5.26 Å². The van der Waals surface area contributed by atoms with Crippen molar-refractivity contribution >= 4 is 5.78 Å². The molecule has 0 aliphatic carbocycles. The number of nitrogens with zero attached hydrogens (tertiary/aromatic N) is 2. The smallest absolute Gasteiger partial charge is 0.134 e. The molecule has 1 aromatic heterocycles. The molecule has 0 saturated heterocycles. The molecule has 3 nitrogen and oxygen atoms in total. The largest absolute Gasteiger partial charge is 0.300 e. The summed E-state index contributed by atoms with van der Waals surface area (Å²) in [6, 6.07) is 3.68. The lowest BCUT2D eigenvalue weighted by atomic mass is 10.1. The van der Waals surface area contributed by atoms with Crippen molar-refractivity contribution in [3.8, 4) is 6.07 Å². The highest BCUT2D eigenvalue weighted by Gasteiger charge is 2.02. The Kier molecular flexibility index (Phi) is 2.54. The molecule has 0 amide bonds. The molecule has 0 aromatic carbocycles. The zero-order valence-corrected chi connectivity index (χ0v) is 6.74. The molecular formula is C9H8N2O. The molecule has 1 aromatic rings. The molecule has 60 valence electrons. The average Bonchev–Trinajstić information content (AvgIpc) is 2.04. The van der Waals surface area contributed by atoms with Crippen LogP contribution in [-0.4, -0.2) is 10.8 Å². The van der Waals surface area contributed by atoms with Gasteiger partial charge < -0.3 is 0 Å². The average molecular weight is 160 g/mol. The summed E-state index contributed by atoms with van der Waals surface area (Å²) < 4.78 is 0. The Morgan fingerprint density at radius 2 is 2.50 bits per heavy atom. The molecule has 12 heavy (non-hydrogen) atoms. The molecule has 0 saturated carbocycles. The van der Waals surface area contributed by atoms with Gasteiger partial charge in [-0.25, -0.2) is 0 Å². The maximum atomic E-state index is 10.8. The van der Waals surface area contributed by atoms with E-state index in [-0.39, 0.29) is 5.78 Å². The van der Waals surface area contributed by atoms with Crippen molar-refractivity contribution in [3.63, 3.8) is 0 Å². The summed E-state index contributed by atoms with van der Waals surface area (Å²) in [5.74, 6) is 0.0534. The highest BCUT2D eigenvalue weighted by atomic mass is 16.1. The van der Waals surface area contributed by atoms with Gasteiger partial charge in [-0.05, 0) is 18.6 Å². The lowest BCUT2D eigenvalue weighted by Crippen LogP contribution is -1.99. The van der Waals surface area contributed by atoms with Crippen molar-refractivity contribution in [3.05, 3.63) is 29.6 Å². The lowest BCUT2D eigenvalue weighted by molar-refractivity contribution is -0.116. The number of aromatic nitrogens is 1. The molecule has 0 radical (unpaired) electrons. The molecule has 0 spiro atoms. The highest BCUT2D eigenvalue weighted by Crippen LogP contribution is 2.05. The van der Waals surface area contributed by atoms with Crippen LogP contribution >= 0.6 is 0 Å². The number of Topliss-reactive ketones (excluding diaryl/α,β-unsaturated/α-hetero) is 1. The first-order valence-electron chi connectivity index (χ1n) is 3.56. The van der Waals surface area contributed by atoms with Crippen LogP contribution in [0, 0.1) is 11.3 Å². The Morgan fingerprint density at radius 3 is 3.08 bits per heavy atom. The fourth-order valence-corrected chi connectivity index (χ4v) is 0.946. The van der Waals surface area contributed by atoms with Gasteiger partial charge >= 0.3 is 0 Å². The Hall–Kier alpha value is -1.69. The van der Waals surface area contributed by atoms with Crippen molar-refractivity contribution in [1.82, 2.24) is 4.98 Å². The Morgan fingerprint density at radius 1 is 1.75 bits per heavy atom. The van der Waals surface area contributed by atoms with E-state index in [1.54, 1.807) is 12.3 Å². The molecule has 0 atom stereocenters. The summed E-state index contributed by atoms with van der Waals surface area (Å²) in [4.78, 5) is 14.5. The number of rotatable bonds is 2. The molecule has 0 unspecified atom stereocenters. The van der Waals surface area contributed by atoms with E-state index in [2.05, 4.69) is 4.98 Å². The number of pyridine rings is 1. The topological polar surface area (TPSA) is 53.8 Å². The maximum absolute atomic E-state index is 10.8. The molecule has 1 heterocycles. The fraction of sp³-hybridized carbons (Fsp3) is 0.222. The quantitative estimate of drug-likeness (QED) is 0.650. The predicted molar refractivity (Wildman–Crippen MR) is 43.3 cm³/mol. The van der Waals surface area contributed by atoms with Crippen LogP contribution in [0.25, 0.3) is 0 Å². The van der Waals surface area contributed by atoms with Gasteiger partial charge in [0.1, 0.15) is 11.9 Å². The Labute approximate surface area is 70.7 Å². The van der Waals surface area contributed by atoms with E-state index in [1.807, 2.05) is 6.07 Å². The molecule has 1 rings (SSSR count). The van der Waals surface area contributed by atoms with Gasteiger partial charge in [0.05, 0.1) is 5.56 Å². The first-order chi connectivity index (χ1) is 5.74. The van der Waals surface area contributed by atoms with Gasteiger partial charge in [-0.3, -0.25) is 9.78 Å². The van der Waals surface area contributed by atoms with Crippen LogP contribution in [0.2, 0.25) is 0 Å². The Bertz CT molecular complexity index is 339. The zero-order chi connectivity index (χ0) is 8.97. The van der Waals surface area contributed by atoms with Crippen LogP contribution in [0.4, 0.5) is 0 Å². The number of ketones is 1. The highest BCUT2D eigenvalue weighted by molar-refractivity contribution is 5.78. The maximum Gasteiger partial charge on any atom is 0.134 e. The van der Waals surface area contributed by atoms with E-state index in [1.165, 1.54) is 13.1 Å². The van der Waals surface area contributed by atoms with E-state index in [0.29, 0.717) is 12.0 Å². The summed E-state index contributed by atoms with van der Waals surface area (Å²) in [6.45, 7) is 1.50. The zero-order valence-electron chi connectivity index (χ0n) is 6.74. The van der Waals surface area contributed by atoms with E-state index < -0.39 is 0 Å². The number of hydrogen-bond acceptors (Lipinski definition) is 3. The number of hydrogen-bond donors (Lipinski definition) is 0. The third-order valence-electron chi connectivity index (χ3n) is 1.47.